The van der Waals surface area contributed by atoms with Crippen molar-refractivity contribution in [3.8, 4) is 11.8 Å². The predicted molar refractivity (Wildman–Crippen MR) is 74.9 cm³/mol. The Bertz CT molecular complexity index is 421. The summed E-state index contributed by atoms with van der Waals surface area (Å²) in [6.07, 6.45) is 1.64. The molecule has 0 fully saturated rings. The summed E-state index contributed by atoms with van der Waals surface area (Å²) in [5.74, 6) is -3.73. The second-order valence-corrected chi connectivity index (χ2v) is 5.55. The standard InChI is InChI=1S/C16H22F4/c1-11(2)7-8-13(5)9-10-14(6)16(19,20)15(17,18)12(3)4/h11,13H,3,6-8H2,1-2,4-5H3. The first-order chi connectivity index (χ1) is 8.92. The summed E-state index contributed by atoms with van der Waals surface area (Å²) >= 11 is 0. The first-order valence-corrected chi connectivity index (χ1v) is 6.55. The quantitative estimate of drug-likeness (QED) is 0.346. The van der Waals surface area contributed by atoms with Gasteiger partial charge in [-0.3, -0.25) is 0 Å². The van der Waals surface area contributed by atoms with Crippen molar-refractivity contribution in [2.24, 2.45) is 11.8 Å². The molecule has 1 unspecified atom stereocenters. The Morgan fingerprint density at radius 3 is 1.90 bits per heavy atom. The van der Waals surface area contributed by atoms with Crippen molar-refractivity contribution in [1.82, 2.24) is 0 Å². The zero-order valence-corrected chi connectivity index (χ0v) is 12.5. The summed E-state index contributed by atoms with van der Waals surface area (Å²) in [5, 5.41) is 0. The lowest BCUT2D eigenvalue weighted by Crippen LogP contribution is -2.42. The van der Waals surface area contributed by atoms with Crippen LogP contribution in [0.4, 0.5) is 17.6 Å². The Morgan fingerprint density at radius 2 is 1.50 bits per heavy atom. The highest BCUT2D eigenvalue weighted by molar-refractivity contribution is 5.37. The molecular weight excluding hydrogens is 268 g/mol. The third-order valence-electron chi connectivity index (χ3n) is 2.96. The topological polar surface area (TPSA) is 0 Å². The van der Waals surface area contributed by atoms with Crippen molar-refractivity contribution < 1.29 is 17.6 Å². The van der Waals surface area contributed by atoms with Gasteiger partial charge in [0.25, 0.3) is 0 Å². The summed E-state index contributed by atoms with van der Waals surface area (Å²) in [6, 6.07) is 0. The number of rotatable bonds is 6. The van der Waals surface area contributed by atoms with Crippen molar-refractivity contribution >= 4 is 0 Å². The maximum Gasteiger partial charge on any atom is 0.346 e. The van der Waals surface area contributed by atoms with Gasteiger partial charge in [0.15, 0.2) is 0 Å². The third-order valence-corrected chi connectivity index (χ3v) is 2.96. The summed E-state index contributed by atoms with van der Waals surface area (Å²) in [5.41, 5.74) is -1.97. The van der Waals surface area contributed by atoms with Crippen LogP contribution in [0.3, 0.4) is 0 Å². The first-order valence-electron chi connectivity index (χ1n) is 6.55. The highest BCUT2D eigenvalue weighted by Gasteiger charge is 2.58. The maximum atomic E-state index is 13.6. The van der Waals surface area contributed by atoms with Gasteiger partial charge in [-0.25, -0.2) is 0 Å². The molecule has 0 saturated carbocycles. The van der Waals surface area contributed by atoms with E-state index in [-0.39, 0.29) is 5.92 Å². The van der Waals surface area contributed by atoms with Gasteiger partial charge in [0.2, 0.25) is 0 Å². The minimum Gasteiger partial charge on any atom is -0.194 e. The fourth-order valence-electron chi connectivity index (χ4n) is 1.40. The molecule has 0 heterocycles. The van der Waals surface area contributed by atoms with Crippen LogP contribution < -0.4 is 0 Å². The molecule has 0 aromatic rings. The van der Waals surface area contributed by atoms with Crippen LogP contribution in [-0.2, 0) is 0 Å². The summed E-state index contributed by atoms with van der Waals surface area (Å²) in [7, 11) is 0. The van der Waals surface area contributed by atoms with Crippen LogP contribution in [0.25, 0.3) is 0 Å². The smallest absolute Gasteiger partial charge is 0.194 e. The number of halogens is 4. The fraction of sp³-hybridized carbons (Fsp3) is 0.625. The number of allylic oxidation sites excluding steroid dienone is 2. The van der Waals surface area contributed by atoms with E-state index in [2.05, 4.69) is 25.0 Å². The van der Waals surface area contributed by atoms with Gasteiger partial charge in [-0.1, -0.05) is 45.8 Å². The van der Waals surface area contributed by atoms with E-state index in [4.69, 9.17) is 0 Å². The summed E-state index contributed by atoms with van der Waals surface area (Å²) in [6.45, 7) is 12.6. The molecule has 0 aromatic heterocycles. The number of hydrogen-bond donors (Lipinski definition) is 0. The Hall–Kier alpha value is -1.24. The van der Waals surface area contributed by atoms with Crippen LogP contribution in [0, 0.1) is 23.7 Å². The molecule has 0 aliphatic heterocycles. The molecule has 4 heteroatoms. The third kappa shape index (κ3) is 4.70. The second-order valence-electron chi connectivity index (χ2n) is 5.55. The SMILES string of the molecule is C=C(C)C(F)(F)C(F)(F)C(=C)C#CC(C)CCC(C)C. The number of alkyl halides is 4. The van der Waals surface area contributed by atoms with Crippen molar-refractivity contribution in [1.29, 1.82) is 0 Å². The van der Waals surface area contributed by atoms with E-state index in [0.29, 0.717) is 5.92 Å². The lowest BCUT2D eigenvalue weighted by Gasteiger charge is -2.26. The fourth-order valence-corrected chi connectivity index (χ4v) is 1.40. The molecule has 0 aliphatic carbocycles. The van der Waals surface area contributed by atoms with Crippen molar-refractivity contribution in [2.75, 3.05) is 0 Å². The average Bonchev–Trinajstić information content (AvgIpc) is 2.32. The van der Waals surface area contributed by atoms with Gasteiger partial charge < -0.3 is 0 Å². The Balaban J connectivity index is 4.89. The molecule has 0 rings (SSSR count). The molecule has 0 saturated heterocycles. The van der Waals surface area contributed by atoms with Crippen LogP contribution in [0.2, 0.25) is 0 Å². The van der Waals surface area contributed by atoms with E-state index in [9.17, 15) is 17.6 Å². The molecular formula is C16H22F4. The molecule has 1 atom stereocenters. The van der Waals surface area contributed by atoms with Gasteiger partial charge in [0, 0.05) is 5.92 Å². The van der Waals surface area contributed by atoms with E-state index < -0.39 is 23.0 Å². The zero-order valence-electron chi connectivity index (χ0n) is 12.5. The van der Waals surface area contributed by atoms with Gasteiger partial charge >= 0.3 is 11.8 Å². The van der Waals surface area contributed by atoms with E-state index in [1.165, 1.54) is 0 Å². The molecule has 0 spiro atoms. The summed E-state index contributed by atoms with van der Waals surface area (Å²) < 4.78 is 53.9. The van der Waals surface area contributed by atoms with E-state index >= 15 is 0 Å². The largest absolute Gasteiger partial charge is 0.346 e. The van der Waals surface area contributed by atoms with Gasteiger partial charge in [-0.05, 0) is 31.3 Å². The van der Waals surface area contributed by atoms with Crippen LogP contribution in [0.15, 0.2) is 24.3 Å². The Kier molecular flexibility index (Phi) is 6.53. The van der Waals surface area contributed by atoms with Crippen LogP contribution >= 0.6 is 0 Å². The van der Waals surface area contributed by atoms with Crippen molar-refractivity contribution in [3.63, 3.8) is 0 Å². The van der Waals surface area contributed by atoms with Gasteiger partial charge in [0.1, 0.15) is 0 Å². The molecule has 0 nitrogen and oxygen atoms in total. The van der Waals surface area contributed by atoms with Crippen LogP contribution in [-0.4, -0.2) is 11.8 Å². The minimum atomic E-state index is -4.40. The monoisotopic (exact) mass is 290 g/mol. The zero-order chi connectivity index (χ0) is 16.1. The Labute approximate surface area is 118 Å². The predicted octanol–water partition coefficient (Wildman–Crippen LogP) is 5.47. The average molecular weight is 290 g/mol. The van der Waals surface area contributed by atoms with E-state index in [1.54, 1.807) is 6.92 Å². The summed E-state index contributed by atoms with van der Waals surface area (Å²) in [4.78, 5) is 0. The van der Waals surface area contributed by atoms with E-state index in [0.717, 1.165) is 19.8 Å². The second kappa shape index (κ2) is 6.97. The minimum absolute atomic E-state index is 0.136. The van der Waals surface area contributed by atoms with Gasteiger partial charge in [-0.2, -0.15) is 17.6 Å². The lowest BCUT2D eigenvalue weighted by atomic mass is 9.97. The maximum absolute atomic E-state index is 13.6. The van der Waals surface area contributed by atoms with Crippen LogP contribution in [0.5, 0.6) is 0 Å². The van der Waals surface area contributed by atoms with Crippen LogP contribution in [0.1, 0.15) is 40.5 Å². The highest BCUT2D eigenvalue weighted by Crippen LogP contribution is 2.43. The molecule has 0 radical (unpaired) electrons. The van der Waals surface area contributed by atoms with Crippen molar-refractivity contribution in [2.45, 2.75) is 52.4 Å². The van der Waals surface area contributed by atoms with Gasteiger partial charge in [0.05, 0.1) is 5.57 Å². The van der Waals surface area contributed by atoms with E-state index in [1.807, 2.05) is 13.8 Å². The highest BCUT2D eigenvalue weighted by atomic mass is 19.3. The molecule has 0 N–H and O–H groups in total. The van der Waals surface area contributed by atoms with Gasteiger partial charge in [-0.15, -0.1) is 0 Å². The lowest BCUT2D eigenvalue weighted by molar-refractivity contribution is -0.158. The molecule has 20 heavy (non-hydrogen) atoms. The molecule has 0 bridgehead atoms. The van der Waals surface area contributed by atoms with Crippen molar-refractivity contribution in [3.05, 3.63) is 24.3 Å². The molecule has 0 amide bonds. The molecule has 0 aliphatic rings. The normalized spacial score (nSPS) is 13.7. The molecule has 0 aromatic carbocycles. The first kappa shape index (κ1) is 18.8. The Morgan fingerprint density at radius 1 is 1.00 bits per heavy atom. The molecule has 114 valence electrons. The number of hydrogen-bond acceptors (Lipinski definition) is 0.